The van der Waals surface area contributed by atoms with E-state index >= 15 is 0 Å². The zero-order chi connectivity index (χ0) is 20.0. The summed E-state index contributed by atoms with van der Waals surface area (Å²) in [6, 6.07) is 17.0. The Balaban J connectivity index is 0.00000300. The van der Waals surface area contributed by atoms with Crippen molar-refractivity contribution >= 4 is 0 Å². The van der Waals surface area contributed by atoms with Gasteiger partial charge in [0.05, 0.1) is 26.4 Å². The van der Waals surface area contributed by atoms with E-state index < -0.39 is 0 Å². The van der Waals surface area contributed by atoms with Crippen LogP contribution in [0, 0.1) is 0 Å². The number of methoxy groups -OCH3 is 2. The fourth-order valence-corrected chi connectivity index (χ4v) is 4.43. The highest BCUT2D eigenvalue weighted by Crippen LogP contribution is 2.44. The third-order valence-electron chi connectivity index (χ3n) is 5.91. The molecule has 1 fully saturated rings. The first-order valence-electron chi connectivity index (χ1n) is 10.2. The lowest BCUT2D eigenvalue weighted by Gasteiger charge is -2.45. The van der Waals surface area contributed by atoms with Gasteiger partial charge >= 0.3 is 0 Å². The van der Waals surface area contributed by atoms with Crippen LogP contribution in [-0.4, -0.2) is 33.0 Å². The molecule has 1 atom stereocenters. The molecule has 160 valence electrons. The largest absolute Gasteiger partial charge is 1.00 e. The molecule has 2 aromatic rings. The lowest BCUT2D eigenvalue weighted by atomic mass is 9.67. The van der Waals surface area contributed by atoms with Crippen molar-refractivity contribution in [3.63, 3.8) is 0 Å². The van der Waals surface area contributed by atoms with E-state index in [9.17, 15) is 0 Å². The molecule has 0 spiro atoms. The predicted molar refractivity (Wildman–Crippen MR) is 112 cm³/mol. The smallest absolute Gasteiger partial charge is 0.118 e. The Kier molecular flexibility index (Phi) is 8.38. The molecule has 1 unspecified atom stereocenters. The summed E-state index contributed by atoms with van der Waals surface area (Å²) in [7, 11) is 3.42. The first-order chi connectivity index (χ1) is 13.5. The molecule has 0 aromatic heterocycles. The summed E-state index contributed by atoms with van der Waals surface area (Å²) in [5, 5.41) is 2.41. The van der Waals surface area contributed by atoms with Crippen LogP contribution >= 0.6 is 0 Å². The minimum atomic E-state index is -0.0891. The Morgan fingerprint density at radius 1 is 0.931 bits per heavy atom. The normalized spacial score (nSPS) is 20.6. The van der Waals surface area contributed by atoms with E-state index in [1.165, 1.54) is 11.1 Å². The summed E-state index contributed by atoms with van der Waals surface area (Å²) in [5.74, 6) is 1.82. The standard InChI is InChI=1S/C24H33NO3.ClH/c1-23(2)18-24(14-16-28-23,20-7-11-22(27-4)12-8-20)13-15-25-17-19-5-9-21(26-3)10-6-19;/h5-12,25H,13-18H2,1-4H3;1H. The highest BCUT2D eigenvalue weighted by molar-refractivity contribution is 5.33. The molecule has 3 rings (SSSR count). The third kappa shape index (κ3) is 6.11. The SMILES string of the molecule is COc1ccc(C[NH2+]CCC2(c3ccc(OC)cc3)CCOC(C)(C)C2)cc1.[Cl-]. The van der Waals surface area contributed by atoms with Crippen LogP contribution in [0.3, 0.4) is 0 Å². The Hall–Kier alpha value is -1.75. The number of benzene rings is 2. The van der Waals surface area contributed by atoms with E-state index in [0.717, 1.165) is 50.5 Å². The number of quaternary nitrogens is 1. The molecule has 0 radical (unpaired) electrons. The molecule has 29 heavy (non-hydrogen) atoms. The van der Waals surface area contributed by atoms with E-state index in [1.54, 1.807) is 14.2 Å². The van der Waals surface area contributed by atoms with E-state index in [2.05, 4.69) is 55.6 Å². The highest BCUT2D eigenvalue weighted by Gasteiger charge is 2.42. The molecule has 1 aliphatic rings. The Labute approximate surface area is 181 Å². The maximum atomic E-state index is 6.04. The third-order valence-corrected chi connectivity index (χ3v) is 5.91. The second-order valence-corrected chi connectivity index (χ2v) is 8.42. The molecule has 2 aromatic carbocycles. The van der Waals surface area contributed by atoms with E-state index in [0.29, 0.717) is 0 Å². The molecular formula is C24H34ClNO3. The summed E-state index contributed by atoms with van der Waals surface area (Å²) < 4.78 is 16.6. The monoisotopic (exact) mass is 419 g/mol. The summed E-state index contributed by atoms with van der Waals surface area (Å²) in [6.07, 6.45) is 3.25. The fraction of sp³-hybridized carbons (Fsp3) is 0.500. The Morgan fingerprint density at radius 3 is 2.07 bits per heavy atom. The van der Waals surface area contributed by atoms with Crippen molar-refractivity contribution in [3.05, 3.63) is 59.7 Å². The zero-order valence-electron chi connectivity index (χ0n) is 18.0. The lowest BCUT2D eigenvalue weighted by molar-refractivity contribution is -0.672. The highest BCUT2D eigenvalue weighted by atomic mass is 35.5. The van der Waals surface area contributed by atoms with Crippen molar-refractivity contribution in [2.24, 2.45) is 0 Å². The van der Waals surface area contributed by atoms with Crippen LogP contribution in [0.15, 0.2) is 48.5 Å². The van der Waals surface area contributed by atoms with Crippen LogP contribution in [0.1, 0.15) is 44.2 Å². The van der Waals surface area contributed by atoms with E-state index in [4.69, 9.17) is 14.2 Å². The molecule has 1 saturated heterocycles. The zero-order valence-corrected chi connectivity index (χ0v) is 18.8. The van der Waals surface area contributed by atoms with Crippen molar-refractivity contribution in [2.75, 3.05) is 27.4 Å². The van der Waals surface area contributed by atoms with Crippen molar-refractivity contribution in [1.29, 1.82) is 0 Å². The number of halogens is 1. The van der Waals surface area contributed by atoms with Gasteiger partial charge in [-0.25, -0.2) is 0 Å². The van der Waals surface area contributed by atoms with Gasteiger partial charge in [0, 0.05) is 24.0 Å². The maximum Gasteiger partial charge on any atom is 0.118 e. The predicted octanol–water partition coefficient (Wildman–Crippen LogP) is 0.688. The molecule has 0 amide bonds. The van der Waals surface area contributed by atoms with Crippen molar-refractivity contribution in [2.45, 2.75) is 50.7 Å². The van der Waals surface area contributed by atoms with Crippen LogP contribution in [-0.2, 0) is 16.7 Å². The number of rotatable bonds is 8. The van der Waals surface area contributed by atoms with Gasteiger partial charge < -0.3 is 31.9 Å². The molecule has 1 aliphatic heterocycles. The fourth-order valence-electron chi connectivity index (χ4n) is 4.43. The van der Waals surface area contributed by atoms with Crippen molar-refractivity contribution < 1.29 is 31.9 Å². The summed E-state index contributed by atoms with van der Waals surface area (Å²) in [4.78, 5) is 0. The van der Waals surface area contributed by atoms with Gasteiger partial charge in [-0.3, -0.25) is 0 Å². The minimum Gasteiger partial charge on any atom is -1.00 e. The van der Waals surface area contributed by atoms with Crippen LogP contribution < -0.4 is 27.2 Å². The molecule has 0 saturated carbocycles. The van der Waals surface area contributed by atoms with Gasteiger partial charge in [0.15, 0.2) is 0 Å². The molecular weight excluding hydrogens is 386 g/mol. The van der Waals surface area contributed by atoms with Crippen molar-refractivity contribution in [3.8, 4) is 11.5 Å². The van der Waals surface area contributed by atoms with Crippen molar-refractivity contribution in [1.82, 2.24) is 0 Å². The second kappa shape index (κ2) is 10.3. The molecule has 0 bridgehead atoms. The van der Waals surface area contributed by atoms with Gasteiger partial charge in [-0.1, -0.05) is 12.1 Å². The first-order valence-corrected chi connectivity index (χ1v) is 10.2. The van der Waals surface area contributed by atoms with Gasteiger partial charge in [-0.05, 0) is 68.7 Å². The summed E-state index contributed by atoms with van der Waals surface area (Å²) in [6.45, 7) is 7.32. The van der Waals surface area contributed by atoms with E-state index in [-0.39, 0.29) is 23.4 Å². The molecule has 1 heterocycles. The van der Waals surface area contributed by atoms with Crippen LogP contribution in [0.5, 0.6) is 11.5 Å². The number of nitrogens with two attached hydrogens (primary N) is 1. The van der Waals surface area contributed by atoms with Gasteiger partial charge in [0.25, 0.3) is 0 Å². The van der Waals surface area contributed by atoms with E-state index in [1.807, 2.05) is 12.1 Å². The topological polar surface area (TPSA) is 44.3 Å². The Bertz CT molecular complexity index is 746. The van der Waals surface area contributed by atoms with Gasteiger partial charge in [0.1, 0.15) is 18.0 Å². The number of ether oxygens (including phenoxy) is 3. The molecule has 2 N–H and O–H groups in total. The summed E-state index contributed by atoms with van der Waals surface area (Å²) >= 11 is 0. The van der Waals surface area contributed by atoms with Crippen LogP contribution in [0.25, 0.3) is 0 Å². The van der Waals surface area contributed by atoms with Crippen LogP contribution in [0.4, 0.5) is 0 Å². The van der Waals surface area contributed by atoms with Crippen LogP contribution in [0.2, 0.25) is 0 Å². The first kappa shape index (κ1) is 23.5. The quantitative estimate of drug-likeness (QED) is 0.640. The minimum absolute atomic E-state index is 0. The number of hydrogen-bond acceptors (Lipinski definition) is 3. The Morgan fingerprint density at radius 2 is 1.52 bits per heavy atom. The van der Waals surface area contributed by atoms with Gasteiger partial charge in [0.2, 0.25) is 0 Å². The number of hydrogen-bond donors (Lipinski definition) is 1. The average Bonchev–Trinajstić information content (AvgIpc) is 2.71. The lowest BCUT2D eigenvalue weighted by Crippen LogP contribution is -3.00. The summed E-state index contributed by atoms with van der Waals surface area (Å²) in [5.41, 5.74) is 2.80. The molecule has 0 aliphatic carbocycles. The molecule has 4 nitrogen and oxygen atoms in total. The maximum absolute atomic E-state index is 6.04. The second-order valence-electron chi connectivity index (χ2n) is 8.42. The molecule has 5 heteroatoms. The average molecular weight is 420 g/mol. The van der Waals surface area contributed by atoms with Gasteiger partial charge in [-0.15, -0.1) is 0 Å². The van der Waals surface area contributed by atoms with Gasteiger partial charge in [-0.2, -0.15) is 0 Å².